The van der Waals surface area contributed by atoms with Crippen LogP contribution in [0.3, 0.4) is 0 Å². The standard InChI is InChI=1S/C25H23ClN4O2S/c1-15-7-6-8-17(11-15)14-30-21-10-5-4-9-18(21)23(24(30)31)28-29-25(33)27-20-12-16(2)19(26)13-22(20)32-3/h4-13,31H,14H2,1-3H3,(H,27,33). The summed E-state index contributed by atoms with van der Waals surface area (Å²) in [6, 6.07) is 19.4. The topological polar surface area (TPSA) is 71.1 Å². The smallest absolute Gasteiger partial charge is 0.221 e. The third-order valence-corrected chi connectivity index (χ3v) is 5.89. The summed E-state index contributed by atoms with van der Waals surface area (Å²) >= 11 is 11.5. The fraction of sp³-hybridized carbons (Fsp3) is 0.160. The minimum atomic E-state index is 0.0316. The lowest BCUT2D eigenvalue weighted by atomic mass is 10.1. The number of nitrogens with zero attached hydrogens (tertiary/aromatic N) is 3. The molecule has 8 heteroatoms. The van der Waals surface area contributed by atoms with Crippen LogP contribution in [0.15, 0.2) is 70.9 Å². The molecule has 0 bridgehead atoms. The van der Waals surface area contributed by atoms with Crippen LogP contribution >= 0.6 is 23.8 Å². The Morgan fingerprint density at radius 2 is 1.91 bits per heavy atom. The molecule has 0 atom stereocenters. The molecule has 0 aliphatic rings. The van der Waals surface area contributed by atoms with Gasteiger partial charge in [-0.3, -0.25) is 0 Å². The van der Waals surface area contributed by atoms with Crippen molar-refractivity contribution in [1.82, 2.24) is 4.57 Å². The molecule has 168 valence electrons. The highest BCUT2D eigenvalue weighted by Gasteiger charge is 2.17. The van der Waals surface area contributed by atoms with Gasteiger partial charge in [0.1, 0.15) is 5.75 Å². The molecule has 0 saturated carbocycles. The normalized spacial score (nSPS) is 11.3. The minimum absolute atomic E-state index is 0.0316. The van der Waals surface area contributed by atoms with Gasteiger partial charge in [-0.05, 0) is 49.3 Å². The number of hydrogen-bond donors (Lipinski definition) is 2. The zero-order valence-electron chi connectivity index (χ0n) is 18.5. The van der Waals surface area contributed by atoms with E-state index in [0.717, 1.165) is 27.6 Å². The zero-order valence-corrected chi connectivity index (χ0v) is 20.0. The molecule has 0 radical (unpaired) electrons. The fourth-order valence-electron chi connectivity index (χ4n) is 3.69. The van der Waals surface area contributed by atoms with Gasteiger partial charge in [0.05, 0.1) is 24.9 Å². The monoisotopic (exact) mass is 478 g/mol. The molecular formula is C25H23ClN4O2S. The van der Waals surface area contributed by atoms with Gasteiger partial charge < -0.3 is 19.7 Å². The van der Waals surface area contributed by atoms with Gasteiger partial charge in [0.25, 0.3) is 0 Å². The molecule has 0 amide bonds. The number of aromatic hydroxyl groups is 1. The molecule has 1 aromatic heterocycles. The van der Waals surface area contributed by atoms with E-state index in [9.17, 15) is 5.11 Å². The predicted molar refractivity (Wildman–Crippen MR) is 137 cm³/mol. The molecule has 3 aromatic carbocycles. The Morgan fingerprint density at radius 1 is 1.12 bits per heavy atom. The summed E-state index contributed by atoms with van der Waals surface area (Å²) in [6.45, 7) is 4.44. The number of anilines is 1. The lowest BCUT2D eigenvalue weighted by molar-refractivity contribution is 0.417. The van der Waals surface area contributed by atoms with Gasteiger partial charge >= 0.3 is 0 Å². The molecule has 1 heterocycles. The van der Waals surface area contributed by atoms with Crippen LogP contribution in [0.1, 0.15) is 16.7 Å². The Bertz CT molecular complexity index is 1380. The van der Waals surface area contributed by atoms with Gasteiger partial charge in [-0.2, -0.15) is 0 Å². The lowest BCUT2D eigenvalue weighted by Crippen LogP contribution is -2.06. The van der Waals surface area contributed by atoms with E-state index in [-0.39, 0.29) is 11.0 Å². The summed E-state index contributed by atoms with van der Waals surface area (Å²) in [5, 5.41) is 24.0. The number of ether oxygens (including phenoxy) is 1. The first-order valence-corrected chi connectivity index (χ1v) is 11.1. The molecule has 33 heavy (non-hydrogen) atoms. The van der Waals surface area contributed by atoms with Crippen LogP contribution in [-0.4, -0.2) is 21.9 Å². The first-order valence-electron chi connectivity index (χ1n) is 10.3. The Hall–Kier alpha value is -3.42. The lowest BCUT2D eigenvalue weighted by Gasteiger charge is -2.11. The second-order valence-corrected chi connectivity index (χ2v) is 8.49. The summed E-state index contributed by atoms with van der Waals surface area (Å²) < 4.78 is 7.19. The predicted octanol–water partition coefficient (Wildman–Crippen LogP) is 7.15. The molecule has 4 aromatic rings. The van der Waals surface area contributed by atoms with Crippen molar-refractivity contribution in [2.24, 2.45) is 10.2 Å². The molecule has 2 N–H and O–H groups in total. The van der Waals surface area contributed by atoms with Crippen molar-refractivity contribution in [3.63, 3.8) is 0 Å². The van der Waals surface area contributed by atoms with Crippen LogP contribution in [0.5, 0.6) is 11.6 Å². The molecule has 0 fully saturated rings. The minimum Gasteiger partial charge on any atom is -0.495 e. The number of hydrogen-bond acceptors (Lipinski definition) is 4. The van der Waals surface area contributed by atoms with E-state index in [1.807, 2.05) is 66.9 Å². The van der Waals surface area contributed by atoms with E-state index >= 15 is 0 Å². The molecule has 4 rings (SSSR count). The number of halogens is 1. The number of azo groups is 1. The van der Waals surface area contributed by atoms with Crippen LogP contribution in [0.2, 0.25) is 5.02 Å². The summed E-state index contributed by atoms with van der Waals surface area (Å²) in [7, 11) is 1.55. The second kappa shape index (κ2) is 9.60. The molecule has 0 spiro atoms. The van der Waals surface area contributed by atoms with Gasteiger partial charge in [0.15, 0.2) is 5.69 Å². The number of rotatable bonds is 5. The van der Waals surface area contributed by atoms with E-state index in [4.69, 9.17) is 28.6 Å². The quantitative estimate of drug-likeness (QED) is 0.236. The largest absolute Gasteiger partial charge is 0.495 e. The number of aromatic nitrogens is 1. The Morgan fingerprint density at radius 3 is 2.67 bits per heavy atom. The third kappa shape index (κ3) is 4.84. The van der Waals surface area contributed by atoms with Crippen molar-refractivity contribution in [2.45, 2.75) is 20.4 Å². The highest BCUT2D eigenvalue weighted by molar-refractivity contribution is 7.80. The summed E-state index contributed by atoms with van der Waals surface area (Å²) in [6.07, 6.45) is 0. The maximum Gasteiger partial charge on any atom is 0.221 e. The Balaban J connectivity index is 1.64. The van der Waals surface area contributed by atoms with E-state index in [1.54, 1.807) is 13.2 Å². The zero-order chi connectivity index (χ0) is 23.5. The maximum absolute atomic E-state index is 11.0. The van der Waals surface area contributed by atoms with Crippen LogP contribution in [0, 0.1) is 13.8 Å². The van der Waals surface area contributed by atoms with Crippen LogP contribution in [-0.2, 0) is 6.54 Å². The number of para-hydroxylation sites is 1. The second-order valence-electron chi connectivity index (χ2n) is 7.70. The van der Waals surface area contributed by atoms with E-state index in [2.05, 4.69) is 21.6 Å². The molecule has 0 aliphatic carbocycles. The molecule has 0 aliphatic heterocycles. The van der Waals surface area contributed by atoms with E-state index in [1.165, 1.54) is 0 Å². The van der Waals surface area contributed by atoms with Gasteiger partial charge in [-0.1, -0.05) is 59.6 Å². The highest BCUT2D eigenvalue weighted by Crippen LogP contribution is 2.39. The van der Waals surface area contributed by atoms with E-state index in [0.29, 0.717) is 28.7 Å². The summed E-state index contributed by atoms with van der Waals surface area (Å²) in [4.78, 5) is 0. The molecular weight excluding hydrogens is 456 g/mol. The average molecular weight is 479 g/mol. The SMILES string of the molecule is COc1cc(Cl)c(C)cc1NC(=S)N=Nc1c(O)n(Cc2cccc(C)c2)c2ccccc12. The summed E-state index contributed by atoms with van der Waals surface area (Å²) in [5.74, 6) is 0.574. The maximum atomic E-state index is 11.0. The number of nitrogens with one attached hydrogen (secondary N) is 1. The summed E-state index contributed by atoms with van der Waals surface area (Å²) in [5.41, 5.74) is 4.97. The van der Waals surface area contributed by atoms with E-state index < -0.39 is 0 Å². The number of methoxy groups -OCH3 is 1. The van der Waals surface area contributed by atoms with Crippen molar-refractivity contribution >= 4 is 51.2 Å². The van der Waals surface area contributed by atoms with Crippen molar-refractivity contribution in [1.29, 1.82) is 0 Å². The first kappa shape index (κ1) is 22.8. The van der Waals surface area contributed by atoms with Crippen molar-refractivity contribution in [3.8, 4) is 11.6 Å². The van der Waals surface area contributed by atoms with Crippen molar-refractivity contribution in [3.05, 3.63) is 82.4 Å². The molecule has 0 saturated heterocycles. The first-order chi connectivity index (χ1) is 15.9. The molecule has 0 unspecified atom stereocenters. The average Bonchev–Trinajstić information content (AvgIpc) is 3.05. The fourth-order valence-corrected chi connectivity index (χ4v) is 3.99. The number of fused-ring (bicyclic) bond motifs is 1. The van der Waals surface area contributed by atoms with Crippen LogP contribution < -0.4 is 10.1 Å². The highest BCUT2D eigenvalue weighted by atomic mass is 35.5. The number of benzene rings is 3. The van der Waals surface area contributed by atoms with Crippen molar-refractivity contribution < 1.29 is 9.84 Å². The van der Waals surface area contributed by atoms with Crippen LogP contribution in [0.4, 0.5) is 11.4 Å². The Kier molecular flexibility index (Phi) is 6.62. The molecule has 6 nitrogen and oxygen atoms in total. The van der Waals surface area contributed by atoms with Crippen molar-refractivity contribution in [2.75, 3.05) is 12.4 Å². The van der Waals surface area contributed by atoms with Gasteiger partial charge in [-0.15, -0.1) is 10.2 Å². The number of aryl methyl sites for hydroxylation is 2. The van der Waals surface area contributed by atoms with Gasteiger partial charge in [-0.25, -0.2) is 0 Å². The van der Waals surface area contributed by atoms with Crippen LogP contribution in [0.25, 0.3) is 10.9 Å². The Labute approximate surface area is 202 Å². The van der Waals surface area contributed by atoms with Gasteiger partial charge in [0.2, 0.25) is 11.0 Å². The number of thiocarbonyl (C=S) groups is 1. The third-order valence-electron chi connectivity index (χ3n) is 5.30. The van der Waals surface area contributed by atoms with Gasteiger partial charge in [0, 0.05) is 16.5 Å².